The van der Waals surface area contributed by atoms with Crippen LogP contribution in [0.15, 0.2) is 109 Å². The molecule has 0 aliphatic heterocycles. The van der Waals surface area contributed by atoms with Crippen LogP contribution in [0.4, 0.5) is 0 Å². The van der Waals surface area contributed by atoms with E-state index in [-0.39, 0.29) is 31.1 Å². The fraction of sp³-hybridized carbons (Fsp3) is 0.708. The molecule has 0 aromatic carbocycles. The van der Waals surface area contributed by atoms with Crippen molar-refractivity contribution in [2.45, 2.75) is 316 Å². The van der Waals surface area contributed by atoms with Crippen molar-refractivity contribution in [3.63, 3.8) is 0 Å². The van der Waals surface area contributed by atoms with Crippen molar-refractivity contribution in [1.82, 2.24) is 0 Å². The van der Waals surface area contributed by atoms with E-state index in [9.17, 15) is 14.4 Å². The average molecular weight is 1080 g/mol. The molecular formula is C72H122O6. The molecule has 0 aromatic heterocycles. The third kappa shape index (κ3) is 62.9. The van der Waals surface area contributed by atoms with Gasteiger partial charge in [0, 0.05) is 19.3 Å². The van der Waals surface area contributed by atoms with Crippen molar-refractivity contribution in [2.75, 3.05) is 13.2 Å². The number of esters is 3. The van der Waals surface area contributed by atoms with Gasteiger partial charge in [-0.1, -0.05) is 310 Å². The van der Waals surface area contributed by atoms with Gasteiger partial charge in [0.15, 0.2) is 6.10 Å². The Bertz CT molecular complexity index is 1570. The van der Waals surface area contributed by atoms with Crippen molar-refractivity contribution in [2.24, 2.45) is 0 Å². The molecule has 0 heterocycles. The van der Waals surface area contributed by atoms with E-state index in [0.29, 0.717) is 19.3 Å². The van der Waals surface area contributed by atoms with Gasteiger partial charge in [0.1, 0.15) is 13.2 Å². The van der Waals surface area contributed by atoms with E-state index >= 15 is 0 Å². The van der Waals surface area contributed by atoms with Crippen molar-refractivity contribution < 1.29 is 28.6 Å². The van der Waals surface area contributed by atoms with Crippen molar-refractivity contribution in [3.8, 4) is 0 Å². The summed E-state index contributed by atoms with van der Waals surface area (Å²) in [5.41, 5.74) is 0. The summed E-state index contributed by atoms with van der Waals surface area (Å²) in [5, 5.41) is 0. The molecule has 0 saturated heterocycles. The Morgan fingerprint density at radius 1 is 0.269 bits per heavy atom. The maximum atomic E-state index is 12.9. The van der Waals surface area contributed by atoms with Crippen LogP contribution in [-0.2, 0) is 28.6 Å². The number of carbonyl (C=O) groups excluding carboxylic acids is 3. The largest absolute Gasteiger partial charge is 0.462 e. The lowest BCUT2D eigenvalue weighted by molar-refractivity contribution is -0.167. The summed E-state index contributed by atoms with van der Waals surface area (Å²) in [6.07, 6.45) is 89.8. The minimum absolute atomic E-state index is 0.0813. The Hall–Kier alpha value is -3.93. The van der Waals surface area contributed by atoms with Gasteiger partial charge in [-0.3, -0.25) is 14.4 Å². The Morgan fingerprint density at radius 2 is 0.500 bits per heavy atom. The Kier molecular flexibility index (Phi) is 62.3. The molecule has 0 rings (SSSR count). The third-order valence-corrected chi connectivity index (χ3v) is 14.0. The van der Waals surface area contributed by atoms with Gasteiger partial charge in [-0.15, -0.1) is 0 Å². The zero-order valence-electron chi connectivity index (χ0n) is 51.2. The molecule has 78 heavy (non-hydrogen) atoms. The van der Waals surface area contributed by atoms with Gasteiger partial charge in [-0.05, 0) is 89.9 Å². The molecule has 446 valence electrons. The number of ether oxygens (including phenoxy) is 3. The second kappa shape index (κ2) is 65.6. The number of rotatable bonds is 59. The fourth-order valence-corrected chi connectivity index (χ4v) is 9.14. The summed E-state index contributed by atoms with van der Waals surface area (Å²) in [6, 6.07) is 0. The topological polar surface area (TPSA) is 78.9 Å². The first kappa shape index (κ1) is 74.1. The van der Waals surface area contributed by atoms with Gasteiger partial charge in [0.25, 0.3) is 0 Å². The van der Waals surface area contributed by atoms with Gasteiger partial charge in [0.2, 0.25) is 0 Å². The molecule has 0 fully saturated rings. The third-order valence-electron chi connectivity index (χ3n) is 14.0. The molecule has 0 aliphatic rings. The van der Waals surface area contributed by atoms with E-state index in [1.807, 2.05) is 0 Å². The van der Waals surface area contributed by atoms with E-state index in [0.717, 1.165) is 135 Å². The SMILES string of the molecule is CC/C=C\C/C=C\C/C=C\C/C=C\C/C=C\C/C=C\C/C=C\C/C=C\C/C=C\CCCCCCCC(=O)OCC(COC(=O)CCCCCCCCC)OC(=O)CCCCCCCCCCCCCCCCCCCCCC. The summed E-state index contributed by atoms with van der Waals surface area (Å²) in [5.74, 6) is -0.898. The zero-order chi connectivity index (χ0) is 56.4. The molecule has 0 saturated carbocycles. The van der Waals surface area contributed by atoms with Crippen molar-refractivity contribution in [3.05, 3.63) is 109 Å². The van der Waals surface area contributed by atoms with Crippen LogP contribution in [0.3, 0.4) is 0 Å². The molecule has 0 N–H and O–H groups in total. The molecule has 0 radical (unpaired) electrons. The summed E-state index contributed by atoms with van der Waals surface area (Å²) in [4.78, 5) is 38.1. The van der Waals surface area contributed by atoms with Gasteiger partial charge in [0.05, 0.1) is 0 Å². The van der Waals surface area contributed by atoms with E-state index in [2.05, 4.69) is 130 Å². The molecule has 0 spiro atoms. The molecule has 1 unspecified atom stereocenters. The predicted molar refractivity (Wildman–Crippen MR) is 339 cm³/mol. The number of unbranched alkanes of at least 4 members (excludes halogenated alkanes) is 30. The smallest absolute Gasteiger partial charge is 0.306 e. The van der Waals surface area contributed by atoms with Crippen LogP contribution < -0.4 is 0 Å². The molecular weight excluding hydrogens is 961 g/mol. The monoisotopic (exact) mass is 1080 g/mol. The fourth-order valence-electron chi connectivity index (χ4n) is 9.14. The van der Waals surface area contributed by atoms with Gasteiger partial charge in [-0.2, -0.15) is 0 Å². The Morgan fingerprint density at radius 3 is 0.782 bits per heavy atom. The Balaban J connectivity index is 4.17. The number of hydrogen-bond acceptors (Lipinski definition) is 6. The summed E-state index contributed by atoms with van der Waals surface area (Å²) in [7, 11) is 0. The molecule has 6 heteroatoms. The number of hydrogen-bond donors (Lipinski definition) is 0. The quantitative estimate of drug-likeness (QED) is 0.0261. The molecule has 0 amide bonds. The lowest BCUT2D eigenvalue weighted by atomic mass is 10.0. The second-order valence-corrected chi connectivity index (χ2v) is 21.7. The van der Waals surface area contributed by atoms with E-state index in [4.69, 9.17) is 14.2 Å². The van der Waals surface area contributed by atoms with Gasteiger partial charge in [-0.25, -0.2) is 0 Å². The van der Waals surface area contributed by atoms with E-state index in [1.165, 1.54) is 135 Å². The maximum absolute atomic E-state index is 12.9. The summed E-state index contributed by atoms with van der Waals surface area (Å²) >= 11 is 0. The predicted octanol–water partition coefficient (Wildman–Crippen LogP) is 22.6. The lowest BCUT2D eigenvalue weighted by Crippen LogP contribution is -2.30. The first-order valence-corrected chi connectivity index (χ1v) is 32.9. The number of carbonyl (C=O) groups is 3. The van der Waals surface area contributed by atoms with E-state index < -0.39 is 6.10 Å². The highest BCUT2D eigenvalue weighted by atomic mass is 16.6. The highest BCUT2D eigenvalue weighted by Gasteiger charge is 2.19. The highest BCUT2D eigenvalue weighted by Crippen LogP contribution is 2.17. The minimum atomic E-state index is -0.783. The minimum Gasteiger partial charge on any atom is -0.462 e. The van der Waals surface area contributed by atoms with Gasteiger partial charge < -0.3 is 14.2 Å². The molecule has 0 aromatic rings. The van der Waals surface area contributed by atoms with Crippen molar-refractivity contribution >= 4 is 17.9 Å². The Labute approximate surface area is 482 Å². The maximum Gasteiger partial charge on any atom is 0.306 e. The van der Waals surface area contributed by atoms with Gasteiger partial charge >= 0.3 is 17.9 Å². The molecule has 1 atom stereocenters. The van der Waals surface area contributed by atoms with Crippen molar-refractivity contribution in [1.29, 1.82) is 0 Å². The second-order valence-electron chi connectivity index (χ2n) is 21.7. The van der Waals surface area contributed by atoms with Crippen LogP contribution in [0, 0.1) is 0 Å². The van der Waals surface area contributed by atoms with Crippen LogP contribution in [-0.4, -0.2) is 37.2 Å². The van der Waals surface area contributed by atoms with Crippen LogP contribution in [0.25, 0.3) is 0 Å². The first-order chi connectivity index (χ1) is 38.5. The lowest BCUT2D eigenvalue weighted by Gasteiger charge is -2.18. The zero-order valence-corrected chi connectivity index (χ0v) is 51.2. The standard InChI is InChI=1S/C72H122O6/c1-4-7-10-13-16-18-20-22-24-26-28-30-31-32-33-34-35-36-37-38-39-40-41-42-44-45-47-49-51-53-56-59-62-65-71(74)77-68-69(67-76-70(73)64-61-58-55-15-12-9-6-3)78-72(75)66-63-60-57-54-52-50-48-46-43-29-27-25-23-21-19-17-14-11-8-5-2/h7,10,16,18,22,24,28,30,32-33,35-36,38-39,41-42,45,47,69H,4-6,8-9,11-15,17,19-21,23,25-27,29,31,34,37,40,43-44,46,48-68H2,1-3H3/b10-7-,18-16-,24-22-,30-28-,33-32-,36-35-,39-38-,42-41-,47-45-. The molecule has 0 bridgehead atoms. The van der Waals surface area contributed by atoms with Crippen LogP contribution in [0.1, 0.15) is 310 Å². The van der Waals surface area contributed by atoms with Crippen LogP contribution >= 0.6 is 0 Å². The summed E-state index contributed by atoms with van der Waals surface area (Å²) in [6.45, 7) is 6.49. The molecule has 6 nitrogen and oxygen atoms in total. The highest BCUT2D eigenvalue weighted by molar-refractivity contribution is 5.71. The average Bonchev–Trinajstić information content (AvgIpc) is 3.44. The normalized spacial score (nSPS) is 12.8. The molecule has 0 aliphatic carbocycles. The number of allylic oxidation sites excluding steroid dienone is 18. The van der Waals surface area contributed by atoms with Crippen LogP contribution in [0.2, 0.25) is 0 Å². The summed E-state index contributed by atoms with van der Waals surface area (Å²) < 4.78 is 16.8. The first-order valence-electron chi connectivity index (χ1n) is 32.9. The van der Waals surface area contributed by atoms with E-state index in [1.54, 1.807) is 0 Å². The van der Waals surface area contributed by atoms with Crippen LogP contribution in [0.5, 0.6) is 0 Å².